The van der Waals surface area contributed by atoms with Gasteiger partial charge in [0.1, 0.15) is 4.88 Å². The number of nitrogen functional groups attached to an aromatic ring is 2. The predicted molar refractivity (Wildman–Crippen MR) is 108 cm³/mol. The second-order valence-electron chi connectivity index (χ2n) is 5.65. The van der Waals surface area contributed by atoms with Gasteiger partial charge < -0.3 is 25.7 Å². The molecule has 2 aromatic heterocycles. The molecule has 0 aliphatic rings. The number of hydrogen-bond donors (Lipinski definition) is 2. The van der Waals surface area contributed by atoms with Crippen molar-refractivity contribution in [2.45, 2.75) is 6.92 Å². The third-order valence-corrected chi connectivity index (χ3v) is 6.67. The zero-order chi connectivity index (χ0) is 19.9. The smallest absolute Gasteiger partial charge is 0.205 e. The van der Waals surface area contributed by atoms with Crippen LogP contribution in [0.5, 0.6) is 17.2 Å². The first-order valence-electron chi connectivity index (χ1n) is 7.79. The van der Waals surface area contributed by atoms with Gasteiger partial charge in [-0.1, -0.05) is 0 Å². The molecule has 0 amide bonds. The number of nitrogens with two attached hydrogens (primary N) is 2. The summed E-state index contributed by atoms with van der Waals surface area (Å²) in [5.41, 5.74) is 13.2. The van der Waals surface area contributed by atoms with Gasteiger partial charge in [0, 0.05) is 12.5 Å². The van der Waals surface area contributed by atoms with Crippen LogP contribution in [0.2, 0.25) is 0 Å². The zero-order valence-electron chi connectivity index (χ0n) is 15.2. The average molecular weight is 406 g/mol. The average Bonchev–Trinajstić information content (AvgIpc) is 3.16. The fourth-order valence-electron chi connectivity index (χ4n) is 2.78. The highest BCUT2D eigenvalue weighted by atomic mass is 32.2. The summed E-state index contributed by atoms with van der Waals surface area (Å²) < 4.78 is 16.6. The molecule has 142 valence electrons. The van der Waals surface area contributed by atoms with Gasteiger partial charge in [-0.05, 0) is 12.1 Å². The lowest BCUT2D eigenvalue weighted by molar-refractivity contribution is 0.101. The summed E-state index contributed by atoms with van der Waals surface area (Å²) in [5, 5.41) is 0.561. The number of fused-ring (bicyclic) bond motifs is 1. The first-order chi connectivity index (χ1) is 12.8. The minimum Gasteiger partial charge on any atom is -0.493 e. The summed E-state index contributed by atoms with van der Waals surface area (Å²) in [6.45, 7) is 1.45. The van der Waals surface area contributed by atoms with Gasteiger partial charge in [-0.3, -0.25) is 9.59 Å². The van der Waals surface area contributed by atoms with Gasteiger partial charge in [0.25, 0.3) is 0 Å². The molecule has 1 aromatic carbocycles. The Bertz CT molecular complexity index is 1040. The van der Waals surface area contributed by atoms with E-state index in [0.717, 1.165) is 4.01 Å². The molecule has 0 bridgehead atoms. The molecule has 0 unspecified atom stereocenters. The molecule has 2 heterocycles. The van der Waals surface area contributed by atoms with Gasteiger partial charge >= 0.3 is 0 Å². The third-order valence-electron chi connectivity index (χ3n) is 4.07. The Balaban J connectivity index is 2.14. The number of anilines is 2. The Kier molecular flexibility index (Phi) is 4.99. The Morgan fingerprint density at radius 1 is 0.889 bits per heavy atom. The van der Waals surface area contributed by atoms with E-state index in [1.807, 2.05) is 0 Å². The monoisotopic (exact) mass is 406 g/mol. The minimum absolute atomic E-state index is 0.127. The first-order valence-corrected chi connectivity index (χ1v) is 9.43. The summed E-state index contributed by atoms with van der Waals surface area (Å²) in [6, 6.07) is 3.14. The highest BCUT2D eigenvalue weighted by molar-refractivity contribution is 7.40. The van der Waals surface area contributed by atoms with E-state index in [0.29, 0.717) is 43.6 Å². The van der Waals surface area contributed by atoms with E-state index >= 15 is 0 Å². The molecule has 0 fully saturated rings. The number of carbonyl (C=O) groups excluding carboxylic acids is 2. The summed E-state index contributed by atoms with van der Waals surface area (Å²) in [4.78, 5) is 25.6. The number of methoxy groups -OCH3 is 3. The molecule has 3 rings (SSSR count). The summed E-state index contributed by atoms with van der Waals surface area (Å²) in [7, 11) is 4.44. The SMILES string of the molecule is COc1cc(C(=O)c2sc3sc(C(C)=O)c(N)c3c2N)cc(OC)c1OC. The summed E-state index contributed by atoms with van der Waals surface area (Å²) >= 11 is 2.46. The lowest BCUT2D eigenvalue weighted by Gasteiger charge is -2.13. The van der Waals surface area contributed by atoms with Crippen LogP contribution in [-0.4, -0.2) is 32.9 Å². The van der Waals surface area contributed by atoms with Crippen LogP contribution in [0.3, 0.4) is 0 Å². The van der Waals surface area contributed by atoms with Crippen molar-refractivity contribution in [1.29, 1.82) is 0 Å². The standard InChI is InChI=1S/C18H18N2O5S2/c1-7(21)16-12(19)11-13(20)17(27-18(11)26-16)14(22)8-5-9(23-2)15(25-4)10(6-8)24-3/h5-6H,19-20H2,1-4H3. The molecule has 0 spiro atoms. The molecule has 4 N–H and O–H groups in total. The number of ether oxygens (including phenoxy) is 3. The van der Waals surface area contributed by atoms with Gasteiger partial charge in [0.05, 0.1) is 47.0 Å². The molecule has 3 aromatic rings. The van der Waals surface area contributed by atoms with Crippen LogP contribution >= 0.6 is 22.7 Å². The Labute approximate surface area is 163 Å². The Hall–Kier alpha value is -2.78. The van der Waals surface area contributed by atoms with Gasteiger partial charge in [0.15, 0.2) is 17.3 Å². The van der Waals surface area contributed by atoms with E-state index in [1.54, 1.807) is 12.1 Å². The lowest BCUT2D eigenvalue weighted by atomic mass is 10.1. The van der Waals surface area contributed by atoms with Crippen LogP contribution in [0.25, 0.3) is 9.40 Å². The maximum absolute atomic E-state index is 13.1. The van der Waals surface area contributed by atoms with Gasteiger partial charge in [0.2, 0.25) is 11.5 Å². The number of hydrogen-bond acceptors (Lipinski definition) is 9. The van der Waals surface area contributed by atoms with E-state index < -0.39 is 0 Å². The molecule has 27 heavy (non-hydrogen) atoms. The first kappa shape index (κ1) is 19.0. The number of thiophene rings is 2. The highest BCUT2D eigenvalue weighted by Gasteiger charge is 2.25. The van der Waals surface area contributed by atoms with Crippen molar-refractivity contribution in [3.63, 3.8) is 0 Å². The number of benzene rings is 1. The lowest BCUT2D eigenvalue weighted by Crippen LogP contribution is -2.05. The fourth-order valence-corrected chi connectivity index (χ4v) is 5.24. The molecule has 0 atom stereocenters. The molecule has 0 aliphatic carbocycles. The molecule has 0 saturated heterocycles. The molecule has 0 saturated carbocycles. The van der Waals surface area contributed by atoms with Crippen molar-refractivity contribution >= 4 is 55.0 Å². The molecule has 0 radical (unpaired) electrons. The van der Waals surface area contributed by atoms with Gasteiger partial charge in [-0.15, -0.1) is 22.7 Å². The van der Waals surface area contributed by atoms with Crippen LogP contribution in [0.4, 0.5) is 11.4 Å². The van der Waals surface area contributed by atoms with Crippen LogP contribution in [0.15, 0.2) is 12.1 Å². The van der Waals surface area contributed by atoms with E-state index in [9.17, 15) is 9.59 Å². The molecule has 9 heteroatoms. The molecular formula is C18H18N2O5S2. The Morgan fingerprint density at radius 2 is 1.41 bits per heavy atom. The van der Waals surface area contributed by atoms with Crippen molar-refractivity contribution in [2.24, 2.45) is 0 Å². The van der Waals surface area contributed by atoms with Crippen LogP contribution in [-0.2, 0) is 0 Å². The van der Waals surface area contributed by atoms with E-state index in [-0.39, 0.29) is 17.3 Å². The van der Waals surface area contributed by atoms with Gasteiger partial charge in [-0.25, -0.2) is 0 Å². The normalized spacial score (nSPS) is 10.8. The third kappa shape index (κ3) is 2.98. The maximum atomic E-state index is 13.1. The van der Waals surface area contributed by atoms with Crippen molar-refractivity contribution in [2.75, 3.05) is 32.8 Å². The molecule has 0 aliphatic heterocycles. The second kappa shape index (κ2) is 7.09. The highest BCUT2D eigenvalue weighted by Crippen LogP contribution is 2.46. The molecular weight excluding hydrogens is 388 g/mol. The van der Waals surface area contributed by atoms with Crippen molar-refractivity contribution < 1.29 is 23.8 Å². The van der Waals surface area contributed by atoms with Crippen molar-refractivity contribution in [3.05, 3.63) is 27.5 Å². The number of rotatable bonds is 6. The topological polar surface area (TPSA) is 114 Å². The Morgan fingerprint density at radius 3 is 1.85 bits per heavy atom. The van der Waals surface area contributed by atoms with Crippen molar-refractivity contribution in [1.82, 2.24) is 0 Å². The molecule has 7 nitrogen and oxygen atoms in total. The van der Waals surface area contributed by atoms with E-state index in [1.165, 1.54) is 50.9 Å². The summed E-state index contributed by atoms with van der Waals surface area (Å²) in [6.07, 6.45) is 0. The van der Waals surface area contributed by atoms with Crippen LogP contribution < -0.4 is 25.7 Å². The van der Waals surface area contributed by atoms with Crippen molar-refractivity contribution in [3.8, 4) is 17.2 Å². The maximum Gasteiger partial charge on any atom is 0.205 e. The number of carbonyl (C=O) groups is 2. The quantitative estimate of drug-likeness (QED) is 0.601. The van der Waals surface area contributed by atoms with Crippen LogP contribution in [0, 0.1) is 0 Å². The van der Waals surface area contributed by atoms with E-state index in [2.05, 4.69) is 0 Å². The number of Topliss-reactive ketones (excluding diaryl/α,β-unsaturated/α-hetero) is 1. The largest absolute Gasteiger partial charge is 0.493 e. The minimum atomic E-state index is -0.288. The zero-order valence-corrected chi connectivity index (χ0v) is 16.8. The predicted octanol–water partition coefficient (Wildman–Crippen LogP) is 3.59. The fraction of sp³-hybridized carbons (Fsp3) is 0.222. The number of ketones is 2. The van der Waals surface area contributed by atoms with Crippen LogP contribution in [0.1, 0.15) is 31.8 Å². The van der Waals surface area contributed by atoms with E-state index in [4.69, 9.17) is 25.7 Å². The van der Waals surface area contributed by atoms with Gasteiger partial charge in [-0.2, -0.15) is 0 Å². The second-order valence-corrected chi connectivity index (χ2v) is 7.95. The summed E-state index contributed by atoms with van der Waals surface area (Å²) in [5.74, 6) is 0.722.